The van der Waals surface area contributed by atoms with Crippen LogP contribution < -0.4 is 15.4 Å². The fourth-order valence-corrected chi connectivity index (χ4v) is 3.09. The smallest absolute Gasteiger partial charge is 0.272 e. The molecule has 29 heavy (non-hydrogen) atoms. The molecule has 8 heteroatoms. The van der Waals surface area contributed by atoms with Gasteiger partial charge in [0.15, 0.2) is 5.96 Å². The van der Waals surface area contributed by atoms with Crippen LogP contribution in [0.3, 0.4) is 0 Å². The summed E-state index contributed by atoms with van der Waals surface area (Å²) in [6.07, 6.45) is -1.65. The maximum absolute atomic E-state index is 12.3. The molecular formula is C21H31F2N5O. The quantitative estimate of drug-likeness (QED) is 0.494. The molecule has 1 unspecified atom stereocenters. The maximum Gasteiger partial charge on any atom is 0.272 e. The summed E-state index contributed by atoms with van der Waals surface area (Å²) in [6.45, 7) is 8.76. The molecule has 0 saturated heterocycles. The summed E-state index contributed by atoms with van der Waals surface area (Å²) in [7, 11) is 1.95. The molecular weight excluding hydrogens is 376 g/mol. The molecule has 6 nitrogen and oxygen atoms in total. The summed E-state index contributed by atoms with van der Waals surface area (Å²) >= 11 is 0. The van der Waals surface area contributed by atoms with E-state index in [0.717, 1.165) is 24.2 Å². The van der Waals surface area contributed by atoms with E-state index in [1.165, 1.54) is 11.3 Å². The van der Waals surface area contributed by atoms with E-state index in [4.69, 9.17) is 4.74 Å². The van der Waals surface area contributed by atoms with Crippen LogP contribution >= 0.6 is 0 Å². The molecule has 2 aromatic rings. The summed E-state index contributed by atoms with van der Waals surface area (Å²) in [5, 5.41) is 11.1. The molecule has 0 fully saturated rings. The Balaban J connectivity index is 2.01. The molecule has 0 aliphatic heterocycles. The highest BCUT2D eigenvalue weighted by Gasteiger charge is 2.14. The third-order valence-corrected chi connectivity index (χ3v) is 4.59. The fourth-order valence-electron chi connectivity index (χ4n) is 3.09. The van der Waals surface area contributed by atoms with Gasteiger partial charge in [0.1, 0.15) is 12.4 Å². The normalized spacial score (nSPS) is 12.9. The van der Waals surface area contributed by atoms with Crippen LogP contribution in [0.5, 0.6) is 5.75 Å². The summed E-state index contributed by atoms with van der Waals surface area (Å²) in [4.78, 5) is 4.62. The van der Waals surface area contributed by atoms with E-state index in [1.807, 2.05) is 31.6 Å². The fraction of sp³-hybridized carbons (Fsp3) is 0.524. The predicted octanol–water partition coefficient (Wildman–Crippen LogP) is 3.37. The largest absolute Gasteiger partial charge is 0.488 e. The molecule has 1 aromatic heterocycles. The van der Waals surface area contributed by atoms with Crippen molar-refractivity contribution in [3.8, 4) is 5.75 Å². The Morgan fingerprint density at radius 2 is 2.07 bits per heavy atom. The van der Waals surface area contributed by atoms with E-state index >= 15 is 0 Å². The van der Waals surface area contributed by atoms with E-state index < -0.39 is 13.0 Å². The first-order valence-electron chi connectivity index (χ1n) is 9.84. The van der Waals surface area contributed by atoms with Crippen LogP contribution in [-0.4, -0.2) is 41.4 Å². The van der Waals surface area contributed by atoms with Gasteiger partial charge in [0.05, 0.1) is 12.2 Å². The molecule has 2 N–H and O–H groups in total. The molecule has 2 rings (SSSR count). The van der Waals surface area contributed by atoms with Crippen LogP contribution in [0.2, 0.25) is 0 Å². The van der Waals surface area contributed by atoms with Gasteiger partial charge in [0.25, 0.3) is 6.43 Å². The number of halogens is 2. The number of hydrogen-bond donors (Lipinski definition) is 2. The Morgan fingerprint density at radius 3 is 2.69 bits per heavy atom. The Bertz CT molecular complexity index is 819. The first-order valence-corrected chi connectivity index (χ1v) is 9.84. The van der Waals surface area contributed by atoms with Gasteiger partial charge in [0, 0.05) is 25.3 Å². The SMILES string of the molecule is CCNC(=NCc1cccc(OCC(F)F)c1)NC(C)Cc1c(C)nn(C)c1C. The molecule has 1 aromatic carbocycles. The molecule has 0 spiro atoms. The minimum absolute atomic E-state index is 0.162. The number of nitrogens with zero attached hydrogens (tertiary/aromatic N) is 3. The molecule has 0 radical (unpaired) electrons. The van der Waals surface area contributed by atoms with Crippen LogP contribution in [-0.2, 0) is 20.0 Å². The van der Waals surface area contributed by atoms with Gasteiger partial charge in [-0.15, -0.1) is 0 Å². The molecule has 0 bridgehead atoms. The predicted molar refractivity (Wildman–Crippen MR) is 112 cm³/mol. The van der Waals surface area contributed by atoms with Gasteiger partial charge in [-0.05, 0) is 57.4 Å². The zero-order valence-corrected chi connectivity index (χ0v) is 17.8. The van der Waals surface area contributed by atoms with Crippen LogP contribution in [0.15, 0.2) is 29.3 Å². The van der Waals surface area contributed by atoms with Crippen molar-refractivity contribution in [2.75, 3.05) is 13.2 Å². The lowest BCUT2D eigenvalue weighted by Gasteiger charge is -2.18. The second-order valence-corrected chi connectivity index (χ2v) is 7.07. The van der Waals surface area contributed by atoms with Gasteiger partial charge in [-0.3, -0.25) is 4.68 Å². The van der Waals surface area contributed by atoms with Crippen molar-refractivity contribution in [2.45, 2.75) is 53.1 Å². The number of aliphatic imine (C=N–C) groups is 1. The Morgan fingerprint density at radius 1 is 1.31 bits per heavy atom. The molecule has 1 atom stereocenters. The van der Waals surface area contributed by atoms with Gasteiger partial charge < -0.3 is 15.4 Å². The highest BCUT2D eigenvalue weighted by atomic mass is 19.3. The first-order chi connectivity index (χ1) is 13.8. The van der Waals surface area contributed by atoms with Gasteiger partial charge in [0.2, 0.25) is 0 Å². The van der Waals surface area contributed by atoms with Crippen molar-refractivity contribution in [3.05, 3.63) is 46.8 Å². The lowest BCUT2D eigenvalue weighted by atomic mass is 10.1. The second-order valence-electron chi connectivity index (χ2n) is 7.07. The number of benzene rings is 1. The van der Waals surface area contributed by atoms with Crippen molar-refractivity contribution >= 4 is 5.96 Å². The van der Waals surface area contributed by atoms with Crippen LogP contribution in [0, 0.1) is 13.8 Å². The van der Waals surface area contributed by atoms with Gasteiger partial charge in [-0.2, -0.15) is 5.10 Å². The van der Waals surface area contributed by atoms with Crippen molar-refractivity contribution in [1.82, 2.24) is 20.4 Å². The Labute approximate surface area is 171 Å². The Hall–Kier alpha value is -2.64. The average molecular weight is 408 g/mol. The summed E-state index contributed by atoms with van der Waals surface area (Å²) in [6, 6.07) is 7.24. The number of guanidine groups is 1. The molecule has 160 valence electrons. The van der Waals surface area contributed by atoms with Gasteiger partial charge in [-0.25, -0.2) is 13.8 Å². The van der Waals surface area contributed by atoms with E-state index in [-0.39, 0.29) is 6.04 Å². The molecule has 0 aliphatic rings. The second kappa shape index (κ2) is 10.8. The summed E-state index contributed by atoms with van der Waals surface area (Å²) < 4.78 is 31.6. The van der Waals surface area contributed by atoms with E-state index in [0.29, 0.717) is 18.3 Å². The zero-order valence-electron chi connectivity index (χ0n) is 17.8. The van der Waals surface area contributed by atoms with Crippen LogP contribution in [0.4, 0.5) is 8.78 Å². The average Bonchev–Trinajstić information content (AvgIpc) is 2.91. The zero-order chi connectivity index (χ0) is 21.4. The number of ether oxygens (including phenoxy) is 1. The van der Waals surface area contributed by atoms with Gasteiger partial charge in [-0.1, -0.05) is 12.1 Å². The number of aryl methyl sites for hydroxylation is 2. The first kappa shape index (κ1) is 22.6. The molecule has 0 amide bonds. The van der Waals surface area contributed by atoms with Crippen molar-refractivity contribution in [1.29, 1.82) is 0 Å². The van der Waals surface area contributed by atoms with Crippen molar-refractivity contribution < 1.29 is 13.5 Å². The molecule has 0 saturated carbocycles. The molecule has 1 heterocycles. The van der Waals surface area contributed by atoms with E-state index in [9.17, 15) is 8.78 Å². The summed E-state index contributed by atoms with van der Waals surface area (Å²) in [5.74, 6) is 1.13. The number of nitrogens with one attached hydrogen (secondary N) is 2. The molecule has 0 aliphatic carbocycles. The minimum atomic E-state index is -2.49. The van der Waals surface area contributed by atoms with Crippen molar-refractivity contribution in [3.63, 3.8) is 0 Å². The monoisotopic (exact) mass is 407 g/mol. The van der Waals surface area contributed by atoms with E-state index in [2.05, 4.69) is 34.6 Å². The Kier molecular flexibility index (Phi) is 8.42. The summed E-state index contributed by atoms with van der Waals surface area (Å²) in [5.41, 5.74) is 4.34. The van der Waals surface area contributed by atoms with Crippen molar-refractivity contribution in [2.24, 2.45) is 12.0 Å². The number of alkyl halides is 2. The van der Waals surface area contributed by atoms with Crippen LogP contribution in [0.1, 0.15) is 36.4 Å². The third kappa shape index (κ3) is 7.03. The maximum atomic E-state index is 12.3. The third-order valence-electron chi connectivity index (χ3n) is 4.59. The lowest BCUT2D eigenvalue weighted by molar-refractivity contribution is 0.0818. The highest BCUT2D eigenvalue weighted by Crippen LogP contribution is 2.16. The lowest BCUT2D eigenvalue weighted by Crippen LogP contribution is -2.43. The number of hydrogen-bond acceptors (Lipinski definition) is 3. The van der Waals surface area contributed by atoms with Gasteiger partial charge >= 0.3 is 0 Å². The minimum Gasteiger partial charge on any atom is -0.488 e. The van der Waals surface area contributed by atoms with E-state index in [1.54, 1.807) is 18.2 Å². The number of rotatable bonds is 9. The number of aromatic nitrogens is 2. The highest BCUT2D eigenvalue weighted by molar-refractivity contribution is 5.80. The topological polar surface area (TPSA) is 63.5 Å². The standard InChI is InChI=1S/C21H31F2N5O/c1-6-24-21(26-14(2)10-19-15(3)27-28(5)16(19)4)25-12-17-8-7-9-18(11-17)29-13-20(22)23/h7-9,11,14,20H,6,10,12-13H2,1-5H3,(H2,24,25,26). The van der Waals surface area contributed by atoms with Crippen LogP contribution in [0.25, 0.3) is 0 Å².